The fourth-order valence-corrected chi connectivity index (χ4v) is 2.73. The number of rotatable bonds is 16. The van der Waals surface area contributed by atoms with Crippen molar-refractivity contribution in [3.05, 3.63) is 0 Å². The highest BCUT2D eigenvalue weighted by Gasteiger charge is 2.16. The fourth-order valence-electron chi connectivity index (χ4n) is 2.73. The van der Waals surface area contributed by atoms with Crippen LogP contribution >= 0.6 is 0 Å². The van der Waals surface area contributed by atoms with Gasteiger partial charge in [-0.25, -0.2) is 5.01 Å². The van der Waals surface area contributed by atoms with Crippen LogP contribution in [0, 0.1) is 0 Å². The number of hydrogen-bond acceptors (Lipinski definition) is 9. The zero-order chi connectivity index (χ0) is 18.2. The second kappa shape index (κ2) is 15.9. The highest BCUT2D eigenvalue weighted by molar-refractivity contribution is 4.72. The lowest BCUT2D eigenvalue weighted by Gasteiger charge is -2.35. The molecule has 1 rings (SSSR count). The van der Waals surface area contributed by atoms with E-state index in [-0.39, 0.29) is 6.04 Å². The molecule has 0 aromatic carbocycles. The molecule has 9 heteroatoms. The first kappa shape index (κ1) is 22.7. The minimum atomic E-state index is 0.138. The summed E-state index contributed by atoms with van der Waals surface area (Å²) < 4.78 is 0. The zero-order valence-electron chi connectivity index (χ0n) is 15.8. The van der Waals surface area contributed by atoms with Gasteiger partial charge in [-0.3, -0.25) is 5.43 Å². The second-order valence-electron chi connectivity index (χ2n) is 6.56. The lowest BCUT2D eigenvalue weighted by atomic mass is 10.2. The number of nitrogens with zero attached hydrogens (tertiary/aromatic N) is 2. The van der Waals surface area contributed by atoms with E-state index >= 15 is 0 Å². The van der Waals surface area contributed by atoms with E-state index < -0.39 is 0 Å². The van der Waals surface area contributed by atoms with E-state index in [9.17, 15) is 0 Å². The van der Waals surface area contributed by atoms with Crippen LogP contribution in [0.1, 0.15) is 6.42 Å². The Hall–Kier alpha value is -0.360. The van der Waals surface area contributed by atoms with Gasteiger partial charge in [0.15, 0.2) is 0 Å². The quantitative estimate of drug-likeness (QED) is 0.140. The molecular weight excluding hydrogens is 318 g/mol. The van der Waals surface area contributed by atoms with E-state index in [1.54, 1.807) is 0 Å². The summed E-state index contributed by atoms with van der Waals surface area (Å²) in [6.07, 6.45) is 0.991. The smallest absolute Gasteiger partial charge is 0.0259 e. The number of nitrogens with one attached hydrogen (secondary N) is 4. The Balaban J connectivity index is 1.84. The van der Waals surface area contributed by atoms with Crippen molar-refractivity contribution < 1.29 is 0 Å². The van der Waals surface area contributed by atoms with Gasteiger partial charge in [0.1, 0.15) is 0 Å². The molecule has 1 saturated heterocycles. The van der Waals surface area contributed by atoms with Crippen molar-refractivity contribution in [2.45, 2.75) is 12.5 Å². The molecule has 0 aliphatic carbocycles. The molecule has 0 bridgehead atoms. The van der Waals surface area contributed by atoms with Gasteiger partial charge >= 0.3 is 0 Å². The van der Waals surface area contributed by atoms with E-state index in [1.807, 2.05) is 0 Å². The third-order valence-electron chi connectivity index (χ3n) is 4.41. The molecule has 0 radical (unpaired) electrons. The molecule has 0 aromatic heterocycles. The predicted octanol–water partition coefficient (Wildman–Crippen LogP) is -3.49. The summed E-state index contributed by atoms with van der Waals surface area (Å²) in [4.78, 5) is 2.47. The van der Waals surface area contributed by atoms with Crippen molar-refractivity contribution in [2.75, 3.05) is 91.6 Å². The van der Waals surface area contributed by atoms with Crippen LogP contribution < -0.4 is 38.6 Å². The Morgan fingerprint density at radius 1 is 0.760 bits per heavy atom. The lowest BCUT2D eigenvalue weighted by Crippen LogP contribution is -2.53. The van der Waals surface area contributed by atoms with Crippen LogP contribution in [0.15, 0.2) is 0 Å². The summed E-state index contributed by atoms with van der Waals surface area (Å²) >= 11 is 0. The third-order valence-corrected chi connectivity index (χ3v) is 4.41. The van der Waals surface area contributed by atoms with Gasteiger partial charge in [0.05, 0.1) is 0 Å². The van der Waals surface area contributed by atoms with Crippen LogP contribution in [0.25, 0.3) is 0 Å². The van der Waals surface area contributed by atoms with Crippen molar-refractivity contribution in [1.29, 1.82) is 0 Å². The van der Waals surface area contributed by atoms with Gasteiger partial charge in [-0.15, -0.1) is 0 Å². The summed E-state index contributed by atoms with van der Waals surface area (Å²) in [5, 5.41) is 12.4. The average molecular weight is 360 g/mol. The van der Waals surface area contributed by atoms with Crippen LogP contribution in [0.5, 0.6) is 0 Å². The molecule has 150 valence electrons. The van der Waals surface area contributed by atoms with E-state index in [1.165, 1.54) is 0 Å². The van der Waals surface area contributed by atoms with Crippen LogP contribution in [-0.4, -0.2) is 108 Å². The Morgan fingerprint density at radius 3 is 1.88 bits per heavy atom. The van der Waals surface area contributed by atoms with E-state index in [4.69, 9.17) is 17.2 Å². The largest absolute Gasteiger partial charge is 0.329 e. The van der Waals surface area contributed by atoms with Gasteiger partial charge in [0, 0.05) is 91.1 Å². The first-order chi connectivity index (χ1) is 12.3. The normalized spacial score (nSPS) is 17.9. The van der Waals surface area contributed by atoms with E-state index in [0.717, 1.165) is 85.0 Å². The molecule has 10 N–H and O–H groups in total. The van der Waals surface area contributed by atoms with Gasteiger partial charge < -0.3 is 38.1 Å². The molecule has 0 saturated carbocycles. The SMILES string of the molecule is NCCNCCNCCNCCNN1CCN(CCC(N)CN)CC1. The minimum Gasteiger partial charge on any atom is -0.329 e. The van der Waals surface area contributed by atoms with Crippen molar-refractivity contribution in [3.63, 3.8) is 0 Å². The van der Waals surface area contributed by atoms with Crippen molar-refractivity contribution in [3.8, 4) is 0 Å². The number of piperazine rings is 1. The molecule has 1 aliphatic heterocycles. The molecule has 1 unspecified atom stereocenters. The summed E-state index contributed by atoms with van der Waals surface area (Å²) in [5.74, 6) is 0. The summed E-state index contributed by atoms with van der Waals surface area (Å²) in [5.41, 5.74) is 20.4. The van der Waals surface area contributed by atoms with Gasteiger partial charge in [0.2, 0.25) is 0 Å². The average Bonchev–Trinajstić information content (AvgIpc) is 2.65. The maximum absolute atomic E-state index is 5.88. The Kier molecular flexibility index (Phi) is 14.4. The monoisotopic (exact) mass is 359 g/mol. The molecule has 0 aromatic rings. The molecule has 1 atom stereocenters. The standard InChI is InChI=1S/C16H41N9/c17-2-3-20-4-5-21-6-7-22-8-9-23-25-13-11-24(12-14-25)10-1-16(19)15-18/h16,20-23H,1-15,17-19H2. The van der Waals surface area contributed by atoms with Crippen molar-refractivity contribution in [1.82, 2.24) is 31.3 Å². The first-order valence-electron chi connectivity index (χ1n) is 9.75. The number of hydrogen-bond donors (Lipinski definition) is 7. The minimum absolute atomic E-state index is 0.138. The zero-order valence-corrected chi connectivity index (χ0v) is 15.8. The molecule has 1 heterocycles. The molecule has 1 fully saturated rings. The molecule has 0 amide bonds. The van der Waals surface area contributed by atoms with Crippen molar-refractivity contribution in [2.24, 2.45) is 17.2 Å². The van der Waals surface area contributed by atoms with E-state index in [0.29, 0.717) is 13.1 Å². The molecule has 0 spiro atoms. The van der Waals surface area contributed by atoms with E-state index in [2.05, 4.69) is 31.3 Å². The van der Waals surface area contributed by atoms with Crippen LogP contribution in [0.3, 0.4) is 0 Å². The van der Waals surface area contributed by atoms with Gasteiger partial charge in [0.25, 0.3) is 0 Å². The van der Waals surface area contributed by atoms with Gasteiger partial charge in [-0.05, 0) is 13.0 Å². The summed E-state index contributed by atoms with van der Waals surface area (Å²) in [7, 11) is 0. The maximum atomic E-state index is 5.88. The lowest BCUT2D eigenvalue weighted by molar-refractivity contribution is 0.0886. The second-order valence-corrected chi connectivity index (χ2v) is 6.56. The molecule has 25 heavy (non-hydrogen) atoms. The number of nitrogens with two attached hydrogens (primary N) is 3. The molecule has 1 aliphatic rings. The van der Waals surface area contributed by atoms with Crippen LogP contribution in [-0.2, 0) is 0 Å². The number of hydrazine groups is 1. The van der Waals surface area contributed by atoms with Gasteiger partial charge in [-0.2, -0.15) is 0 Å². The Morgan fingerprint density at radius 2 is 1.32 bits per heavy atom. The van der Waals surface area contributed by atoms with Crippen LogP contribution in [0.2, 0.25) is 0 Å². The molecular formula is C16H41N9. The van der Waals surface area contributed by atoms with Gasteiger partial charge in [-0.1, -0.05) is 0 Å². The highest BCUT2D eigenvalue weighted by Crippen LogP contribution is 2.01. The third kappa shape index (κ3) is 12.6. The highest BCUT2D eigenvalue weighted by atomic mass is 15.5. The Bertz CT molecular complexity index is 285. The van der Waals surface area contributed by atoms with Crippen molar-refractivity contribution >= 4 is 0 Å². The fraction of sp³-hybridized carbons (Fsp3) is 1.00. The maximum Gasteiger partial charge on any atom is 0.0259 e. The molecule has 9 nitrogen and oxygen atoms in total. The topological polar surface area (TPSA) is 133 Å². The predicted molar refractivity (Wildman–Crippen MR) is 105 cm³/mol. The van der Waals surface area contributed by atoms with Crippen LogP contribution in [0.4, 0.5) is 0 Å². The first-order valence-corrected chi connectivity index (χ1v) is 9.75. The summed E-state index contributed by atoms with van der Waals surface area (Å²) in [6, 6.07) is 0.138. The summed E-state index contributed by atoms with van der Waals surface area (Å²) in [6.45, 7) is 13.5. The Labute approximate surface area is 153 Å².